The highest BCUT2D eigenvalue weighted by molar-refractivity contribution is 7.07. The Bertz CT molecular complexity index is 339. The molecule has 1 atom stereocenters. The molecule has 0 spiro atoms. The number of rotatable bonds is 3. The third-order valence-electron chi connectivity index (χ3n) is 3.00. The fourth-order valence-electron chi connectivity index (χ4n) is 2.17. The molecule has 0 aliphatic carbocycles. The van der Waals surface area contributed by atoms with Crippen LogP contribution in [0.15, 0.2) is 16.8 Å². The van der Waals surface area contributed by atoms with Crippen LogP contribution < -0.4 is 11.3 Å². The summed E-state index contributed by atoms with van der Waals surface area (Å²) in [5.41, 5.74) is 3.58. The first-order valence-electron chi connectivity index (χ1n) is 5.53. The van der Waals surface area contributed by atoms with Crippen molar-refractivity contribution in [3.63, 3.8) is 0 Å². The Labute approximate surface area is 99.4 Å². The minimum Gasteiger partial charge on any atom is -0.298 e. The number of carbonyl (C=O) groups is 1. The van der Waals surface area contributed by atoms with E-state index in [4.69, 9.17) is 5.84 Å². The smallest absolute Gasteiger partial charge is 0.238 e. The number of amides is 1. The zero-order valence-corrected chi connectivity index (χ0v) is 10.0. The van der Waals surface area contributed by atoms with E-state index in [2.05, 4.69) is 27.2 Å². The molecule has 1 amide bonds. The second-order valence-electron chi connectivity index (χ2n) is 4.21. The van der Waals surface area contributed by atoms with Gasteiger partial charge in [0, 0.05) is 13.1 Å². The molecule has 0 bridgehead atoms. The van der Waals surface area contributed by atoms with Crippen molar-refractivity contribution >= 4 is 17.2 Å². The molecule has 2 rings (SSSR count). The van der Waals surface area contributed by atoms with Crippen LogP contribution in [0.5, 0.6) is 0 Å². The maximum absolute atomic E-state index is 11.5. The molecule has 0 aromatic carbocycles. The van der Waals surface area contributed by atoms with Crippen molar-refractivity contribution in [2.75, 3.05) is 13.1 Å². The molecular formula is C11H17N3OS. The highest BCUT2D eigenvalue weighted by Crippen LogP contribution is 2.19. The Morgan fingerprint density at radius 1 is 1.69 bits per heavy atom. The van der Waals surface area contributed by atoms with Gasteiger partial charge in [-0.25, -0.2) is 5.84 Å². The summed E-state index contributed by atoms with van der Waals surface area (Å²) in [7, 11) is 0. The zero-order chi connectivity index (χ0) is 11.4. The summed E-state index contributed by atoms with van der Waals surface area (Å²) >= 11 is 1.71. The molecule has 16 heavy (non-hydrogen) atoms. The number of nitrogens with one attached hydrogen (secondary N) is 1. The van der Waals surface area contributed by atoms with Gasteiger partial charge in [-0.3, -0.25) is 15.1 Å². The van der Waals surface area contributed by atoms with Crippen molar-refractivity contribution in [1.82, 2.24) is 10.3 Å². The average molecular weight is 239 g/mol. The molecule has 88 valence electrons. The fraction of sp³-hybridized carbons (Fsp3) is 0.545. The molecule has 1 aromatic rings. The number of hydrogen-bond acceptors (Lipinski definition) is 4. The van der Waals surface area contributed by atoms with Crippen LogP contribution >= 0.6 is 11.3 Å². The quantitative estimate of drug-likeness (QED) is 0.469. The van der Waals surface area contributed by atoms with E-state index in [1.807, 2.05) is 0 Å². The molecule has 0 unspecified atom stereocenters. The molecule has 1 fully saturated rings. The Morgan fingerprint density at radius 2 is 2.56 bits per heavy atom. The van der Waals surface area contributed by atoms with Gasteiger partial charge in [0.2, 0.25) is 5.91 Å². The molecule has 3 N–H and O–H groups in total. The third-order valence-corrected chi connectivity index (χ3v) is 3.74. The number of nitrogens with two attached hydrogens (primary N) is 1. The Morgan fingerprint density at radius 3 is 3.25 bits per heavy atom. The van der Waals surface area contributed by atoms with E-state index in [0.717, 1.165) is 32.5 Å². The van der Waals surface area contributed by atoms with Crippen LogP contribution in [0.4, 0.5) is 0 Å². The van der Waals surface area contributed by atoms with Crippen LogP contribution in [0.25, 0.3) is 0 Å². The number of hydrazine groups is 1. The molecule has 1 aromatic heterocycles. The topological polar surface area (TPSA) is 58.4 Å². The van der Waals surface area contributed by atoms with Gasteiger partial charge in [-0.2, -0.15) is 11.3 Å². The molecule has 1 saturated heterocycles. The maximum atomic E-state index is 11.5. The Balaban J connectivity index is 1.89. The fourth-order valence-corrected chi connectivity index (χ4v) is 2.83. The Hall–Kier alpha value is -0.910. The van der Waals surface area contributed by atoms with Crippen molar-refractivity contribution in [3.05, 3.63) is 22.4 Å². The highest BCUT2D eigenvalue weighted by atomic mass is 32.1. The van der Waals surface area contributed by atoms with Crippen LogP contribution in [0.1, 0.15) is 18.4 Å². The number of thiophene rings is 1. The Kier molecular flexibility index (Phi) is 3.93. The minimum atomic E-state index is -0.0324. The third kappa shape index (κ3) is 2.81. The molecule has 0 saturated carbocycles. The summed E-state index contributed by atoms with van der Waals surface area (Å²) in [6.07, 6.45) is 2.02. The number of hydrogen-bond donors (Lipinski definition) is 2. The normalized spacial score (nSPS) is 21.9. The molecule has 5 heteroatoms. The van der Waals surface area contributed by atoms with Crippen LogP contribution in [-0.2, 0) is 11.3 Å². The largest absolute Gasteiger partial charge is 0.298 e. The zero-order valence-electron chi connectivity index (χ0n) is 9.19. The summed E-state index contributed by atoms with van der Waals surface area (Å²) in [5, 5.41) is 4.25. The van der Waals surface area contributed by atoms with Gasteiger partial charge in [0.15, 0.2) is 0 Å². The predicted octanol–water partition coefficient (Wildman–Crippen LogP) is 0.950. The second-order valence-corrected chi connectivity index (χ2v) is 4.99. The summed E-state index contributed by atoms with van der Waals surface area (Å²) in [6.45, 7) is 2.83. The number of piperidine rings is 1. The van der Waals surface area contributed by atoms with Gasteiger partial charge in [-0.05, 0) is 41.8 Å². The lowest BCUT2D eigenvalue weighted by Crippen LogP contribution is -2.44. The first kappa shape index (κ1) is 11.6. The van der Waals surface area contributed by atoms with Crippen molar-refractivity contribution in [2.24, 2.45) is 11.8 Å². The standard InChI is InChI=1S/C11H17N3OS/c12-13-11(15)10-2-1-4-14(7-10)6-9-3-5-16-8-9/h3,5,8,10H,1-2,4,6-7,12H2,(H,13,15)/t10-/m0/s1. The van der Waals surface area contributed by atoms with E-state index in [0.29, 0.717) is 0 Å². The van der Waals surface area contributed by atoms with E-state index >= 15 is 0 Å². The molecule has 2 heterocycles. The van der Waals surface area contributed by atoms with Crippen LogP contribution in [0.2, 0.25) is 0 Å². The van der Waals surface area contributed by atoms with Crippen LogP contribution in [0.3, 0.4) is 0 Å². The first-order chi connectivity index (χ1) is 7.79. The van der Waals surface area contributed by atoms with Gasteiger partial charge < -0.3 is 0 Å². The average Bonchev–Trinajstić information content (AvgIpc) is 2.81. The van der Waals surface area contributed by atoms with Gasteiger partial charge in [0.05, 0.1) is 5.92 Å². The molecule has 0 radical (unpaired) electrons. The lowest BCUT2D eigenvalue weighted by molar-refractivity contribution is -0.126. The van der Waals surface area contributed by atoms with E-state index < -0.39 is 0 Å². The van der Waals surface area contributed by atoms with E-state index in [1.165, 1.54) is 5.56 Å². The van der Waals surface area contributed by atoms with Gasteiger partial charge in [-0.15, -0.1) is 0 Å². The summed E-state index contributed by atoms with van der Waals surface area (Å²) < 4.78 is 0. The SMILES string of the molecule is NNC(=O)[C@H]1CCCN(Cc2ccsc2)C1. The molecule has 1 aliphatic rings. The second kappa shape index (κ2) is 5.43. The van der Waals surface area contributed by atoms with E-state index in [1.54, 1.807) is 11.3 Å². The van der Waals surface area contributed by atoms with Gasteiger partial charge >= 0.3 is 0 Å². The van der Waals surface area contributed by atoms with Crippen LogP contribution in [0, 0.1) is 5.92 Å². The van der Waals surface area contributed by atoms with Crippen molar-refractivity contribution in [2.45, 2.75) is 19.4 Å². The van der Waals surface area contributed by atoms with Gasteiger partial charge in [-0.1, -0.05) is 0 Å². The number of likely N-dealkylation sites (tertiary alicyclic amines) is 1. The minimum absolute atomic E-state index is 0.0324. The maximum Gasteiger partial charge on any atom is 0.238 e. The summed E-state index contributed by atoms with van der Waals surface area (Å²) in [5.74, 6) is 5.19. The van der Waals surface area contributed by atoms with Crippen molar-refractivity contribution in [1.29, 1.82) is 0 Å². The monoisotopic (exact) mass is 239 g/mol. The molecule has 1 aliphatic heterocycles. The van der Waals surface area contributed by atoms with E-state index in [-0.39, 0.29) is 11.8 Å². The number of nitrogens with zero attached hydrogens (tertiary/aromatic N) is 1. The lowest BCUT2D eigenvalue weighted by atomic mass is 9.97. The van der Waals surface area contributed by atoms with Crippen molar-refractivity contribution < 1.29 is 4.79 Å². The first-order valence-corrected chi connectivity index (χ1v) is 6.48. The number of carbonyl (C=O) groups excluding carboxylic acids is 1. The predicted molar refractivity (Wildman–Crippen MR) is 64.7 cm³/mol. The van der Waals surface area contributed by atoms with Gasteiger partial charge in [0.1, 0.15) is 0 Å². The lowest BCUT2D eigenvalue weighted by Gasteiger charge is -2.31. The highest BCUT2D eigenvalue weighted by Gasteiger charge is 2.25. The summed E-state index contributed by atoms with van der Waals surface area (Å²) in [6, 6.07) is 2.14. The van der Waals surface area contributed by atoms with Crippen LogP contribution in [-0.4, -0.2) is 23.9 Å². The van der Waals surface area contributed by atoms with Crippen molar-refractivity contribution in [3.8, 4) is 0 Å². The molecular weight excluding hydrogens is 222 g/mol. The summed E-state index contributed by atoms with van der Waals surface area (Å²) in [4.78, 5) is 13.8. The van der Waals surface area contributed by atoms with E-state index in [9.17, 15) is 4.79 Å². The molecule has 4 nitrogen and oxygen atoms in total. The van der Waals surface area contributed by atoms with Gasteiger partial charge in [0.25, 0.3) is 0 Å².